The number of hydrogen-bond donors (Lipinski definition) is 0. The van der Waals surface area contributed by atoms with Gasteiger partial charge in [-0.05, 0) is 37.0 Å². The average Bonchev–Trinajstić information content (AvgIpc) is 2.57. The molecule has 14 heavy (non-hydrogen) atoms. The number of fused-ring (bicyclic) bond motifs is 3. The predicted octanol–water partition coefficient (Wildman–Crippen LogP) is 4.10. The summed E-state index contributed by atoms with van der Waals surface area (Å²) < 4.78 is 0. The number of rotatable bonds is 0. The molecule has 3 aliphatic rings. The molecular weight excluding hydrogens is 188 g/mol. The lowest BCUT2D eigenvalue weighted by molar-refractivity contribution is 0.170. The second kappa shape index (κ2) is 3.73. The summed E-state index contributed by atoms with van der Waals surface area (Å²) in [5, 5.41) is 2.13. The van der Waals surface area contributed by atoms with Gasteiger partial charge in [0, 0.05) is 10.5 Å². The molecule has 80 valence electrons. The Balaban J connectivity index is 1.80. The summed E-state index contributed by atoms with van der Waals surface area (Å²) in [6.45, 7) is 2.52. The zero-order valence-electron chi connectivity index (χ0n) is 9.24. The quantitative estimate of drug-likeness (QED) is 0.580. The normalized spacial score (nSPS) is 52.5. The fraction of sp³-hybridized carbons (Fsp3) is 1.00. The summed E-state index contributed by atoms with van der Waals surface area (Å²) in [5.41, 5.74) is 0. The Labute approximate surface area is 92.2 Å². The Morgan fingerprint density at radius 2 is 1.64 bits per heavy atom. The van der Waals surface area contributed by atoms with Crippen molar-refractivity contribution in [2.24, 2.45) is 17.8 Å². The fourth-order valence-electron chi connectivity index (χ4n) is 4.21. The molecule has 5 atom stereocenters. The third kappa shape index (κ3) is 1.43. The van der Waals surface area contributed by atoms with Crippen molar-refractivity contribution in [3.63, 3.8) is 0 Å². The summed E-state index contributed by atoms with van der Waals surface area (Å²) >= 11 is 2.38. The van der Waals surface area contributed by atoms with E-state index in [1.165, 1.54) is 38.5 Å². The summed E-state index contributed by atoms with van der Waals surface area (Å²) in [5.74, 6) is 3.27. The Morgan fingerprint density at radius 3 is 2.57 bits per heavy atom. The second-order valence-electron chi connectivity index (χ2n) is 5.65. The van der Waals surface area contributed by atoms with Crippen LogP contribution in [0, 0.1) is 17.8 Å². The van der Waals surface area contributed by atoms with Crippen molar-refractivity contribution in [1.29, 1.82) is 0 Å². The van der Waals surface area contributed by atoms with Crippen LogP contribution in [0.15, 0.2) is 0 Å². The molecule has 2 saturated carbocycles. The Hall–Kier alpha value is 0.350. The summed E-state index contributed by atoms with van der Waals surface area (Å²) in [7, 11) is 0. The van der Waals surface area contributed by atoms with Gasteiger partial charge in [-0.2, -0.15) is 11.8 Å². The molecule has 3 fully saturated rings. The van der Waals surface area contributed by atoms with E-state index in [2.05, 4.69) is 18.7 Å². The Bertz CT molecular complexity index is 213. The molecule has 0 amide bonds. The van der Waals surface area contributed by atoms with Crippen LogP contribution in [0.2, 0.25) is 0 Å². The maximum absolute atomic E-state index is 2.52. The van der Waals surface area contributed by atoms with Crippen LogP contribution in [0.1, 0.15) is 51.9 Å². The van der Waals surface area contributed by atoms with E-state index >= 15 is 0 Å². The topological polar surface area (TPSA) is 0 Å². The molecule has 1 heterocycles. The van der Waals surface area contributed by atoms with E-state index in [4.69, 9.17) is 0 Å². The van der Waals surface area contributed by atoms with Gasteiger partial charge in [0.1, 0.15) is 0 Å². The minimum Gasteiger partial charge on any atom is -0.155 e. The van der Waals surface area contributed by atoms with Crippen LogP contribution in [0.5, 0.6) is 0 Å². The van der Waals surface area contributed by atoms with Crippen molar-refractivity contribution in [3.05, 3.63) is 0 Å². The van der Waals surface area contributed by atoms with Crippen LogP contribution < -0.4 is 0 Å². The van der Waals surface area contributed by atoms with Crippen LogP contribution in [-0.2, 0) is 0 Å². The molecule has 1 aliphatic heterocycles. The van der Waals surface area contributed by atoms with Crippen molar-refractivity contribution in [2.45, 2.75) is 62.4 Å². The van der Waals surface area contributed by atoms with E-state index in [1.54, 1.807) is 6.42 Å². The second-order valence-corrected chi connectivity index (χ2v) is 7.13. The minimum atomic E-state index is 1.04. The summed E-state index contributed by atoms with van der Waals surface area (Å²) in [4.78, 5) is 0. The van der Waals surface area contributed by atoms with Gasteiger partial charge < -0.3 is 0 Å². The molecule has 0 radical (unpaired) electrons. The first-order valence-electron chi connectivity index (χ1n) is 6.52. The third-order valence-corrected chi connectivity index (χ3v) is 6.67. The van der Waals surface area contributed by atoms with Crippen molar-refractivity contribution >= 4 is 11.8 Å². The lowest BCUT2D eigenvalue weighted by Gasteiger charge is -2.36. The van der Waals surface area contributed by atoms with Gasteiger partial charge >= 0.3 is 0 Å². The van der Waals surface area contributed by atoms with Crippen LogP contribution in [0.4, 0.5) is 0 Å². The predicted molar refractivity (Wildman–Crippen MR) is 63.6 cm³/mol. The van der Waals surface area contributed by atoms with E-state index in [-0.39, 0.29) is 0 Å². The smallest absolute Gasteiger partial charge is 0.00837 e. The van der Waals surface area contributed by atoms with Gasteiger partial charge in [-0.25, -0.2) is 0 Å². The van der Waals surface area contributed by atoms with Gasteiger partial charge in [0.25, 0.3) is 0 Å². The highest BCUT2D eigenvalue weighted by atomic mass is 32.2. The first-order valence-corrected chi connectivity index (χ1v) is 7.46. The van der Waals surface area contributed by atoms with Gasteiger partial charge in [0.2, 0.25) is 0 Å². The molecule has 0 N–H and O–H groups in total. The molecule has 3 rings (SSSR count). The molecule has 1 heteroatoms. The first kappa shape index (κ1) is 9.57. The van der Waals surface area contributed by atoms with Crippen LogP contribution >= 0.6 is 11.8 Å². The van der Waals surface area contributed by atoms with Gasteiger partial charge in [0.05, 0.1) is 0 Å². The maximum Gasteiger partial charge on any atom is 0.00837 e. The molecule has 0 aromatic carbocycles. The average molecular weight is 210 g/mol. The van der Waals surface area contributed by atoms with Crippen LogP contribution in [0.3, 0.4) is 0 Å². The molecule has 0 aromatic rings. The van der Waals surface area contributed by atoms with Gasteiger partial charge in [0.15, 0.2) is 0 Å². The highest BCUT2D eigenvalue weighted by Gasteiger charge is 2.47. The first-order chi connectivity index (χ1) is 6.86. The van der Waals surface area contributed by atoms with Crippen molar-refractivity contribution in [1.82, 2.24) is 0 Å². The Kier molecular flexibility index (Phi) is 2.55. The van der Waals surface area contributed by atoms with Gasteiger partial charge in [-0.1, -0.05) is 32.6 Å². The molecule has 2 aliphatic carbocycles. The highest BCUT2D eigenvalue weighted by Crippen LogP contribution is 2.56. The highest BCUT2D eigenvalue weighted by molar-refractivity contribution is 8.00. The van der Waals surface area contributed by atoms with E-state index < -0.39 is 0 Å². The van der Waals surface area contributed by atoms with Crippen molar-refractivity contribution < 1.29 is 0 Å². The lowest BCUT2D eigenvalue weighted by atomic mass is 9.69. The van der Waals surface area contributed by atoms with Crippen molar-refractivity contribution in [3.8, 4) is 0 Å². The van der Waals surface area contributed by atoms with E-state index in [9.17, 15) is 0 Å². The molecule has 0 nitrogen and oxygen atoms in total. The lowest BCUT2D eigenvalue weighted by Crippen LogP contribution is -2.32. The molecule has 0 spiro atoms. The standard InChI is InChI=1S/C13H22S/c1-9-5-4-8-12-13(9)10-6-2-3-7-11(10)14-12/h9-13H,2-8H2,1H3. The van der Waals surface area contributed by atoms with Gasteiger partial charge in [-0.15, -0.1) is 0 Å². The van der Waals surface area contributed by atoms with E-state index in [1.807, 2.05) is 0 Å². The Morgan fingerprint density at radius 1 is 0.857 bits per heavy atom. The number of hydrogen-bond acceptors (Lipinski definition) is 1. The molecule has 0 aromatic heterocycles. The zero-order chi connectivity index (χ0) is 9.54. The third-order valence-electron chi connectivity index (χ3n) is 4.83. The van der Waals surface area contributed by atoms with Crippen LogP contribution in [-0.4, -0.2) is 10.5 Å². The summed E-state index contributed by atoms with van der Waals surface area (Å²) in [6, 6.07) is 0. The maximum atomic E-state index is 2.52. The molecule has 1 saturated heterocycles. The monoisotopic (exact) mass is 210 g/mol. The van der Waals surface area contributed by atoms with E-state index in [0.29, 0.717) is 0 Å². The molecule has 0 bridgehead atoms. The number of thioether (sulfide) groups is 1. The zero-order valence-corrected chi connectivity index (χ0v) is 10.1. The molecular formula is C13H22S. The van der Waals surface area contributed by atoms with Gasteiger partial charge in [-0.3, -0.25) is 0 Å². The minimum absolute atomic E-state index is 1.04. The van der Waals surface area contributed by atoms with Crippen molar-refractivity contribution in [2.75, 3.05) is 0 Å². The SMILES string of the molecule is CC1CCCC2SC3CCCCC3C12. The largest absolute Gasteiger partial charge is 0.155 e. The molecule has 5 unspecified atom stereocenters. The van der Waals surface area contributed by atoms with Crippen LogP contribution in [0.25, 0.3) is 0 Å². The van der Waals surface area contributed by atoms with E-state index in [0.717, 1.165) is 28.3 Å². The summed E-state index contributed by atoms with van der Waals surface area (Å²) in [6.07, 6.45) is 10.7. The fourth-order valence-corrected chi connectivity index (χ4v) is 6.43.